The van der Waals surface area contributed by atoms with Crippen LogP contribution in [0.4, 0.5) is 11.4 Å². The van der Waals surface area contributed by atoms with E-state index in [1.807, 2.05) is 38.1 Å². The Morgan fingerprint density at radius 1 is 1.39 bits per heavy atom. The van der Waals surface area contributed by atoms with Crippen molar-refractivity contribution < 1.29 is 9.53 Å². The Kier molecular flexibility index (Phi) is 5.65. The van der Waals surface area contributed by atoms with E-state index in [4.69, 9.17) is 10.5 Å². The Bertz CT molecular complexity index is 376. The molecule has 0 fully saturated rings. The average molecular weight is 250 g/mol. The van der Waals surface area contributed by atoms with Gasteiger partial charge in [-0.1, -0.05) is 6.92 Å². The van der Waals surface area contributed by atoms with Gasteiger partial charge in [-0.3, -0.25) is 4.79 Å². The second-order valence-corrected chi connectivity index (χ2v) is 4.49. The van der Waals surface area contributed by atoms with Gasteiger partial charge in [-0.25, -0.2) is 0 Å². The van der Waals surface area contributed by atoms with Gasteiger partial charge in [0.25, 0.3) is 0 Å². The summed E-state index contributed by atoms with van der Waals surface area (Å²) in [6.07, 6.45) is 0.492. The van der Waals surface area contributed by atoms with Crippen molar-refractivity contribution in [3.63, 3.8) is 0 Å². The standard InChI is InChI=1S/C14H22N2O2/c1-4-16(13-7-5-12(15)6-8-13)14(17)9-11(2)10-18-3/h5-8,11H,4,9-10,15H2,1-3H3. The summed E-state index contributed by atoms with van der Waals surface area (Å²) in [4.78, 5) is 14.0. The molecule has 0 spiro atoms. The fourth-order valence-corrected chi connectivity index (χ4v) is 1.91. The first-order valence-electron chi connectivity index (χ1n) is 6.23. The van der Waals surface area contributed by atoms with E-state index in [0.717, 1.165) is 5.69 Å². The Balaban J connectivity index is 2.71. The highest BCUT2D eigenvalue weighted by molar-refractivity contribution is 5.93. The Labute approximate surface area is 109 Å². The predicted molar refractivity (Wildman–Crippen MR) is 74.5 cm³/mol. The first kappa shape index (κ1) is 14.5. The van der Waals surface area contributed by atoms with Crippen molar-refractivity contribution in [1.82, 2.24) is 0 Å². The lowest BCUT2D eigenvalue weighted by Gasteiger charge is -2.22. The summed E-state index contributed by atoms with van der Waals surface area (Å²) in [5, 5.41) is 0. The number of hydrogen-bond donors (Lipinski definition) is 1. The zero-order valence-corrected chi connectivity index (χ0v) is 11.3. The molecule has 1 atom stereocenters. The topological polar surface area (TPSA) is 55.6 Å². The average Bonchev–Trinajstić information content (AvgIpc) is 2.32. The number of benzene rings is 1. The van der Waals surface area contributed by atoms with Gasteiger partial charge < -0.3 is 15.4 Å². The maximum absolute atomic E-state index is 12.2. The van der Waals surface area contributed by atoms with Gasteiger partial charge in [-0.05, 0) is 37.1 Å². The summed E-state index contributed by atoms with van der Waals surface area (Å²) in [6.45, 7) is 5.24. The molecule has 0 aliphatic rings. The van der Waals surface area contributed by atoms with Crippen LogP contribution in [0.3, 0.4) is 0 Å². The molecule has 4 heteroatoms. The van der Waals surface area contributed by atoms with Crippen LogP contribution in [0, 0.1) is 5.92 Å². The minimum atomic E-state index is 0.117. The molecule has 18 heavy (non-hydrogen) atoms. The fraction of sp³-hybridized carbons (Fsp3) is 0.500. The van der Waals surface area contributed by atoms with E-state index >= 15 is 0 Å². The molecule has 0 radical (unpaired) electrons. The molecule has 0 aromatic heterocycles. The number of nitrogen functional groups attached to an aromatic ring is 1. The second kappa shape index (κ2) is 7.01. The van der Waals surface area contributed by atoms with Crippen molar-refractivity contribution in [2.24, 2.45) is 5.92 Å². The molecule has 0 aliphatic heterocycles. The monoisotopic (exact) mass is 250 g/mol. The van der Waals surface area contributed by atoms with Crippen LogP contribution in [0.1, 0.15) is 20.3 Å². The summed E-state index contributed by atoms with van der Waals surface area (Å²) >= 11 is 0. The number of carbonyl (C=O) groups excluding carboxylic acids is 1. The third kappa shape index (κ3) is 4.04. The summed E-state index contributed by atoms with van der Waals surface area (Å²) < 4.78 is 5.05. The minimum Gasteiger partial charge on any atom is -0.399 e. The Morgan fingerprint density at radius 2 is 2.00 bits per heavy atom. The van der Waals surface area contributed by atoms with Crippen LogP contribution in [0.25, 0.3) is 0 Å². The van der Waals surface area contributed by atoms with Gasteiger partial charge in [-0.15, -0.1) is 0 Å². The minimum absolute atomic E-state index is 0.117. The number of ether oxygens (including phenoxy) is 1. The van der Waals surface area contributed by atoms with Crippen molar-refractivity contribution >= 4 is 17.3 Å². The zero-order valence-electron chi connectivity index (χ0n) is 11.3. The number of anilines is 2. The molecule has 0 aliphatic carbocycles. The highest BCUT2D eigenvalue weighted by atomic mass is 16.5. The quantitative estimate of drug-likeness (QED) is 0.788. The molecule has 1 unspecified atom stereocenters. The molecule has 1 aromatic carbocycles. The highest BCUT2D eigenvalue weighted by Gasteiger charge is 2.16. The van der Waals surface area contributed by atoms with E-state index < -0.39 is 0 Å². The Hall–Kier alpha value is -1.55. The maximum atomic E-state index is 12.2. The van der Waals surface area contributed by atoms with Crippen LogP contribution in [0.15, 0.2) is 24.3 Å². The maximum Gasteiger partial charge on any atom is 0.227 e. The van der Waals surface area contributed by atoms with E-state index in [1.165, 1.54) is 0 Å². The molecule has 100 valence electrons. The van der Waals surface area contributed by atoms with Crippen LogP contribution in [-0.2, 0) is 9.53 Å². The molecule has 0 heterocycles. The van der Waals surface area contributed by atoms with Gasteiger partial charge in [0.15, 0.2) is 0 Å². The van der Waals surface area contributed by atoms with E-state index in [-0.39, 0.29) is 11.8 Å². The van der Waals surface area contributed by atoms with Crippen molar-refractivity contribution in [1.29, 1.82) is 0 Å². The molecule has 1 amide bonds. The zero-order chi connectivity index (χ0) is 13.5. The number of amides is 1. The van der Waals surface area contributed by atoms with Gasteiger partial charge in [0.2, 0.25) is 5.91 Å². The molecule has 4 nitrogen and oxygen atoms in total. The second-order valence-electron chi connectivity index (χ2n) is 4.49. The van der Waals surface area contributed by atoms with Crippen LogP contribution in [0.2, 0.25) is 0 Å². The van der Waals surface area contributed by atoms with Gasteiger partial charge in [0, 0.05) is 38.1 Å². The molecule has 0 saturated heterocycles. The third-order valence-electron chi connectivity index (χ3n) is 2.80. The number of nitrogens with two attached hydrogens (primary N) is 1. The van der Waals surface area contributed by atoms with Gasteiger partial charge in [0.1, 0.15) is 0 Å². The van der Waals surface area contributed by atoms with E-state index in [1.54, 1.807) is 12.0 Å². The SMILES string of the molecule is CCN(C(=O)CC(C)COC)c1ccc(N)cc1. The summed E-state index contributed by atoms with van der Waals surface area (Å²) in [5.41, 5.74) is 7.24. The Morgan fingerprint density at radius 3 is 2.50 bits per heavy atom. The molecule has 1 rings (SSSR count). The lowest BCUT2D eigenvalue weighted by molar-refractivity contribution is -0.119. The molecule has 2 N–H and O–H groups in total. The van der Waals surface area contributed by atoms with E-state index in [0.29, 0.717) is 25.3 Å². The number of rotatable bonds is 6. The summed E-state index contributed by atoms with van der Waals surface area (Å²) in [5.74, 6) is 0.345. The highest BCUT2D eigenvalue weighted by Crippen LogP contribution is 2.18. The first-order chi connectivity index (χ1) is 8.58. The fourth-order valence-electron chi connectivity index (χ4n) is 1.91. The number of hydrogen-bond acceptors (Lipinski definition) is 3. The largest absolute Gasteiger partial charge is 0.399 e. The lowest BCUT2D eigenvalue weighted by Crippen LogP contribution is -2.32. The summed E-state index contributed by atoms with van der Waals surface area (Å²) in [6, 6.07) is 7.36. The van der Waals surface area contributed by atoms with Crippen molar-refractivity contribution in [3.05, 3.63) is 24.3 Å². The van der Waals surface area contributed by atoms with Gasteiger partial charge in [-0.2, -0.15) is 0 Å². The van der Waals surface area contributed by atoms with E-state index in [2.05, 4.69) is 0 Å². The van der Waals surface area contributed by atoms with Gasteiger partial charge in [0.05, 0.1) is 0 Å². The lowest BCUT2D eigenvalue weighted by atomic mass is 10.1. The molecule has 0 saturated carbocycles. The smallest absolute Gasteiger partial charge is 0.227 e. The number of carbonyl (C=O) groups is 1. The van der Waals surface area contributed by atoms with Gasteiger partial charge >= 0.3 is 0 Å². The van der Waals surface area contributed by atoms with Crippen LogP contribution < -0.4 is 10.6 Å². The normalized spacial score (nSPS) is 12.2. The van der Waals surface area contributed by atoms with Crippen LogP contribution >= 0.6 is 0 Å². The van der Waals surface area contributed by atoms with Crippen molar-refractivity contribution in [2.45, 2.75) is 20.3 Å². The first-order valence-corrected chi connectivity index (χ1v) is 6.23. The van der Waals surface area contributed by atoms with Crippen LogP contribution in [0.5, 0.6) is 0 Å². The molecular weight excluding hydrogens is 228 g/mol. The molecule has 1 aromatic rings. The van der Waals surface area contributed by atoms with E-state index in [9.17, 15) is 4.79 Å². The van der Waals surface area contributed by atoms with Crippen molar-refractivity contribution in [2.75, 3.05) is 30.9 Å². The molecule has 0 bridgehead atoms. The number of methoxy groups -OCH3 is 1. The van der Waals surface area contributed by atoms with Crippen molar-refractivity contribution in [3.8, 4) is 0 Å². The molecular formula is C14H22N2O2. The summed E-state index contributed by atoms with van der Waals surface area (Å²) in [7, 11) is 1.65. The predicted octanol–water partition coefficient (Wildman–Crippen LogP) is 2.29. The third-order valence-corrected chi connectivity index (χ3v) is 2.80. The number of nitrogens with zero attached hydrogens (tertiary/aromatic N) is 1. The van der Waals surface area contributed by atoms with Crippen LogP contribution in [-0.4, -0.2) is 26.2 Å².